The van der Waals surface area contributed by atoms with Crippen molar-refractivity contribution in [1.29, 1.82) is 0 Å². The van der Waals surface area contributed by atoms with Crippen LogP contribution in [0.3, 0.4) is 0 Å². The molecule has 0 amide bonds. The highest BCUT2D eigenvalue weighted by Crippen LogP contribution is 2.34. The fourth-order valence-electron chi connectivity index (χ4n) is 4.57. The maximum Gasteiger partial charge on any atom is 0.166 e. The molecule has 0 N–H and O–H groups in total. The molecule has 3 aromatic rings. The van der Waals surface area contributed by atoms with Crippen molar-refractivity contribution in [2.45, 2.75) is 52.4 Å². The van der Waals surface area contributed by atoms with Crippen molar-refractivity contribution in [1.82, 2.24) is 0 Å². The molecule has 0 aliphatic heterocycles. The SMILES string of the molecule is CCCc1ccc(-c2ccc(-c3ccc(C4=CCC(CC)CC4)cc3F)cc2)c(F)c1F. The van der Waals surface area contributed by atoms with Gasteiger partial charge in [0.05, 0.1) is 0 Å². The average molecular weight is 435 g/mol. The lowest BCUT2D eigenvalue weighted by Crippen LogP contribution is -2.04. The number of hydrogen-bond acceptors (Lipinski definition) is 0. The van der Waals surface area contributed by atoms with Crippen LogP contribution in [0.2, 0.25) is 0 Å². The van der Waals surface area contributed by atoms with E-state index in [0.29, 0.717) is 28.7 Å². The monoisotopic (exact) mass is 434 g/mol. The summed E-state index contributed by atoms with van der Waals surface area (Å²) in [5, 5.41) is 0. The average Bonchev–Trinajstić information content (AvgIpc) is 2.82. The summed E-state index contributed by atoms with van der Waals surface area (Å²) in [6, 6.07) is 15.6. The largest absolute Gasteiger partial charge is 0.206 e. The molecule has 166 valence electrons. The zero-order chi connectivity index (χ0) is 22.7. The molecule has 0 heterocycles. The smallest absolute Gasteiger partial charge is 0.166 e. The summed E-state index contributed by atoms with van der Waals surface area (Å²) >= 11 is 0. The molecule has 32 heavy (non-hydrogen) atoms. The van der Waals surface area contributed by atoms with Gasteiger partial charge in [0.2, 0.25) is 0 Å². The third kappa shape index (κ3) is 4.53. The minimum Gasteiger partial charge on any atom is -0.206 e. The van der Waals surface area contributed by atoms with Gasteiger partial charge in [-0.05, 0) is 65.5 Å². The highest BCUT2D eigenvalue weighted by Gasteiger charge is 2.17. The van der Waals surface area contributed by atoms with Crippen molar-refractivity contribution >= 4 is 5.57 Å². The second-order valence-electron chi connectivity index (χ2n) is 8.70. The summed E-state index contributed by atoms with van der Waals surface area (Å²) in [7, 11) is 0. The Hall–Kier alpha value is -2.81. The van der Waals surface area contributed by atoms with Crippen LogP contribution in [0.25, 0.3) is 27.8 Å². The van der Waals surface area contributed by atoms with Crippen molar-refractivity contribution in [2.75, 3.05) is 0 Å². The van der Waals surface area contributed by atoms with Crippen LogP contribution in [0.4, 0.5) is 13.2 Å². The first-order chi connectivity index (χ1) is 15.5. The van der Waals surface area contributed by atoms with Crippen LogP contribution in [0.15, 0.2) is 60.7 Å². The molecule has 1 aliphatic rings. The Labute approximate surface area is 188 Å². The molecule has 0 nitrogen and oxygen atoms in total. The van der Waals surface area contributed by atoms with Gasteiger partial charge < -0.3 is 0 Å². The van der Waals surface area contributed by atoms with Crippen LogP contribution >= 0.6 is 0 Å². The van der Waals surface area contributed by atoms with Gasteiger partial charge in [0.25, 0.3) is 0 Å². The standard InChI is InChI=1S/C29H29F3/c1-3-5-23-14-17-26(29(32)28(23)31)22-12-10-21(11-13-22)25-16-15-24(18-27(25)30)20-8-6-19(4-2)7-9-20/h8,10-19H,3-7,9H2,1-2H3. The summed E-state index contributed by atoms with van der Waals surface area (Å²) < 4.78 is 43.9. The number of aryl methyl sites for hydroxylation is 1. The van der Waals surface area contributed by atoms with Gasteiger partial charge in [0, 0.05) is 11.1 Å². The molecule has 1 atom stereocenters. The molecule has 0 saturated heterocycles. The minimum atomic E-state index is -0.828. The predicted molar refractivity (Wildman–Crippen MR) is 127 cm³/mol. The first-order valence-electron chi connectivity index (χ1n) is 11.6. The fourth-order valence-corrected chi connectivity index (χ4v) is 4.57. The van der Waals surface area contributed by atoms with E-state index in [-0.39, 0.29) is 11.4 Å². The normalized spacial score (nSPS) is 16.2. The zero-order valence-electron chi connectivity index (χ0n) is 18.7. The molecule has 0 spiro atoms. The van der Waals surface area contributed by atoms with Gasteiger partial charge in [-0.1, -0.05) is 81.3 Å². The minimum absolute atomic E-state index is 0.222. The summed E-state index contributed by atoms with van der Waals surface area (Å²) in [6.45, 7) is 4.15. The maximum absolute atomic E-state index is 15.0. The Morgan fingerprint density at radius 2 is 1.44 bits per heavy atom. The Balaban J connectivity index is 1.57. The number of benzene rings is 3. The quantitative estimate of drug-likeness (QED) is 0.363. The summed E-state index contributed by atoms with van der Waals surface area (Å²) in [4.78, 5) is 0. The third-order valence-corrected chi connectivity index (χ3v) is 6.63. The highest BCUT2D eigenvalue weighted by molar-refractivity contribution is 5.74. The second kappa shape index (κ2) is 9.77. The number of hydrogen-bond donors (Lipinski definition) is 0. The zero-order valence-corrected chi connectivity index (χ0v) is 18.7. The first kappa shape index (κ1) is 22.4. The van der Waals surface area contributed by atoms with Crippen LogP contribution < -0.4 is 0 Å². The van der Waals surface area contributed by atoms with E-state index in [4.69, 9.17) is 0 Å². The van der Waals surface area contributed by atoms with E-state index in [2.05, 4.69) is 13.0 Å². The molecule has 1 unspecified atom stereocenters. The molecule has 3 aromatic carbocycles. The predicted octanol–water partition coefficient (Wildman–Crippen LogP) is 8.98. The van der Waals surface area contributed by atoms with Gasteiger partial charge in [-0.3, -0.25) is 0 Å². The molecular weight excluding hydrogens is 405 g/mol. The molecule has 0 radical (unpaired) electrons. The number of halogens is 3. The Morgan fingerprint density at radius 3 is 2.03 bits per heavy atom. The topological polar surface area (TPSA) is 0 Å². The second-order valence-corrected chi connectivity index (χ2v) is 8.70. The summed E-state index contributed by atoms with van der Waals surface area (Å²) in [5.41, 5.74) is 4.58. The van der Waals surface area contributed by atoms with Gasteiger partial charge >= 0.3 is 0 Å². The fraction of sp³-hybridized carbons (Fsp3) is 0.310. The Bertz CT molecular complexity index is 1130. The van der Waals surface area contributed by atoms with E-state index in [0.717, 1.165) is 37.2 Å². The van der Waals surface area contributed by atoms with E-state index in [1.807, 2.05) is 19.1 Å². The van der Waals surface area contributed by atoms with Gasteiger partial charge in [-0.25, -0.2) is 13.2 Å². The van der Waals surface area contributed by atoms with Gasteiger partial charge in [0.1, 0.15) is 5.82 Å². The van der Waals surface area contributed by atoms with Crippen LogP contribution in [0.1, 0.15) is 57.1 Å². The molecule has 1 aliphatic carbocycles. The molecule has 0 fully saturated rings. The van der Waals surface area contributed by atoms with Crippen molar-refractivity contribution < 1.29 is 13.2 Å². The lowest BCUT2D eigenvalue weighted by Gasteiger charge is -2.21. The van der Waals surface area contributed by atoms with Gasteiger partial charge in [0.15, 0.2) is 11.6 Å². The summed E-state index contributed by atoms with van der Waals surface area (Å²) in [6.07, 6.45) is 7.91. The maximum atomic E-state index is 15.0. The van der Waals surface area contributed by atoms with Crippen molar-refractivity contribution in [3.8, 4) is 22.3 Å². The van der Waals surface area contributed by atoms with Gasteiger partial charge in [-0.15, -0.1) is 0 Å². The Morgan fingerprint density at radius 1 is 0.781 bits per heavy atom. The van der Waals surface area contributed by atoms with Crippen LogP contribution in [-0.2, 0) is 6.42 Å². The van der Waals surface area contributed by atoms with E-state index in [1.165, 1.54) is 12.0 Å². The van der Waals surface area contributed by atoms with E-state index in [1.54, 1.807) is 42.5 Å². The van der Waals surface area contributed by atoms with E-state index >= 15 is 0 Å². The van der Waals surface area contributed by atoms with Crippen LogP contribution in [-0.4, -0.2) is 0 Å². The third-order valence-electron chi connectivity index (χ3n) is 6.63. The highest BCUT2D eigenvalue weighted by atomic mass is 19.2. The molecule has 0 aromatic heterocycles. The van der Waals surface area contributed by atoms with E-state index in [9.17, 15) is 13.2 Å². The van der Waals surface area contributed by atoms with Gasteiger partial charge in [-0.2, -0.15) is 0 Å². The number of allylic oxidation sites excluding steroid dienone is 2. The molecule has 0 bridgehead atoms. The molecule has 3 heteroatoms. The lowest BCUT2D eigenvalue weighted by molar-refractivity contribution is 0.470. The van der Waals surface area contributed by atoms with Crippen LogP contribution in [0, 0.1) is 23.4 Å². The first-order valence-corrected chi connectivity index (χ1v) is 11.6. The Kier molecular flexibility index (Phi) is 6.83. The van der Waals surface area contributed by atoms with E-state index < -0.39 is 11.6 Å². The molecule has 0 saturated carbocycles. The van der Waals surface area contributed by atoms with Crippen molar-refractivity contribution in [2.24, 2.45) is 5.92 Å². The number of rotatable bonds is 6. The molecular formula is C29H29F3. The molecule has 4 rings (SSSR count). The lowest BCUT2D eigenvalue weighted by atomic mass is 9.85. The van der Waals surface area contributed by atoms with Crippen LogP contribution in [0.5, 0.6) is 0 Å². The van der Waals surface area contributed by atoms with Crippen molar-refractivity contribution in [3.05, 3.63) is 89.3 Å². The van der Waals surface area contributed by atoms with Crippen molar-refractivity contribution in [3.63, 3.8) is 0 Å². The summed E-state index contributed by atoms with van der Waals surface area (Å²) in [5.74, 6) is -1.14.